The van der Waals surface area contributed by atoms with E-state index in [1.165, 1.54) is 43.9 Å². The van der Waals surface area contributed by atoms with Crippen LogP contribution in [0.3, 0.4) is 0 Å². The Morgan fingerprint density at radius 1 is 1.08 bits per heavy atom. The quantitative estimate of drug-likeness (QED) is 0.692. The smallest absolute Gasteiger partial charge is 0.0695 e. The van der Waals surface area contributed by atoms with Gasteiger partial charge < -0.3 is 5.11 Å². The first kappa shape index (κ1) is 9.81. The number of hydrogen-bond acceptors (Lipinski definition) is 3. The highest BCUT2D eigenvalue weighted by Gasteiger charge is 2.30. The second-order valence-corrected chi connectivity index (χ2v) is 5.29. The van der Waals surface area contributed by atoms with Gasteiger partial charge in [-0.15, -0.1) is 0 Å². The third-order valence-electron chi connectivity index (χ3n) is 3.17. The lowest BCUT2D eigenvalue weighted by Crippen LogP contribution is -2.41. The number of thioether (sulfide) groups is 1. The van der Waals surface area contributed by atoms with Gasteiger partial charge >= 0.3 is 0 Å². The molecular formula is C10H19NOS. The van der Waals surface area contributed by atoms with Crippen LogP contribution in [-0.2, 0) is 0 Å². The summed E-state index contributed by atoms with van der Waals surface area (Å²) >= 11 is 2.06. The van der Waals surface area contributed by atoms with Crippen LogP contribution < -0.4 is 0 Å². The van der Waals surface area contributed by atoms with E-state index in [-0.39, 0.29) is 6.10 Å². The molecule has 0 radical (unpaired) electrons. The van der Waals surface area contributed by atoms with Crippen molar-refractivity contribution in [1.29, 1.82) is 0 Å². The maximum Gasteiger partial charge on any atom is 0.0695 e. The van der Waals surface area contributed by atoms with Gasteiger partial charge in [-0.05, 0) is 38.0 Å². The second kappa shape index (κ2) is 4.67. The monoisotopic (exact) mass is 201 g/mol. The molecule has 1 saturated heterocycles. The normalized spacial score (nSPS) is 37.6. The molecule has 0 aromatic carbocycles. The van der Waals surface area contributed by atoms with Crippen molar-refractivity contribution in [2.24, 2.45) is 0 Å². The summed E-state index contributed by atoms with van der Waals surface area (Å²) in [7, 11) is 0. The molecule has 1 N–H and O–H groups in total. The maximum atomic E-state index is 9.78. The Bertz CT molecular complexity index is 157. The van der Waals surface area contributed by atoms with Gasteiger partial charge in [0.25, 0.3) is 0 Å². The summed E-state index contributed by atoms with van der Waals surface area (Å²) in [6, 6.07) is 0.485. The van der Waals surface area contributed by atoms with Gasteiger partial charge in [-0.1, -0.05) is 0 Å². The lowest BCUT2D eigenvalue weighted by molar-refractivity contribution is 0.0755. The summed E-state index contributed by atoms with van der Waals surface area (Å²) in [4.78, 5) is 2.51. The molecule has 1 aliphatic heterocycles. The molecule has 2 aliphatic rings. The minimum absolute atomic E-state index is 0.0388. The molecule has 2 fully saturated rings. The van der Waals surface area contributed by atoms with Crippen molar-refractivity contribution >= 4 is 11.8 Å². The van der Waals surface area contributed by atoms with Crippen LogP contribution in [-0.4, -0.2) is 46.7 Å². The van der Waals surface area contributed by atoms with Crippen molar-refractivity contribution in [3.05, 3.63) is 0 Å². The molecule has 2 nitrogen and oxygen atoms in total. The molecule has 0 amide bonds. The standard InChI is InChI=1S/C10H19NOS/c12-10-4-1-3-9(10)11-5-2-7-13-8-6-11/h9-10,12H,1-8H2/t9-,10-/m0/s1. The van der Waals surface area contributed by atoms with Gasteiger partial charge in [0.15, 0.2) is 0 Å². The van der Waals surface area contributed by atoms with Gasteiger partial charge in [0.1, 0.15) is 0 Å². The van der Waals surface area contributed by atoms with E-state index in [2.05, 4.69) is 16.7 Å². The molecule has 1 heterocycles. The SMILES string of the molecule is O[C@H]1CCC[C@@H]1N1CCCSCC1. The van der Waals surface area contributed by atoms with E-state index in [0.29, 0.717) is 6.04 Å². The Morgan fingerprint density at radius 2 is 2.00 bits per heavy atom. The first-order valence-electron chi connectivity index (χ1n) is 5.38. The first-order chi connectivity index (χ1) is 6.38. The highest BCUT2D eigenvalue weighted by Crippen LogP contribution is 2.25. The second-order valence-electron chi connectivity index (χ2n) is 4.07. The third kappa shape index (κ3) is 2.39. The number of aliphatic hydroxyl groups is 1. The molecule has 0 aromatic heterocycles. The molecule has 2 rings (SSSR count). The van der Waals surface area contributed by atoms with Gasteiger partial charge in [-0.3, -0.25) is 4.90 Å². The van der Waals surface area contributed by atoms with Crippen molar-refractivity contribution in [2.45, 2.75) is 37.8 Å². The molecule has 0 bridgehead atoms. The van der Waals surface area contributed by atoms with E-state index < -0.39 is 0 Å². The summed E-state index contributed by atoms with van der Waals surface area (Å²) < 4.78 is 0. The van der Waals surface area contributed by atoms with E-state index in [1.54, 1.807) is 0 Å². The maximum absolute atomic E-state index is 9.78. The Kier molecular flexibility index (Phi) is 3.52. The zero-order chi connectivity index (χ0) is 9.10. The van der Waals surface area contributed by atoms with Crippen LogP contribution in [0.1, 0.15) is 25.7 Å². The molecule has 76 valence electrons. The van der Waals surface area contributed by atoms with E-state index in [1.807, 2.05) is 0 Å². The largest absolute Gasteiger partial charge is 0.391 e. The first-order valence-corrected chi connectivity index (χ1v) is 6.53. The highest BCUT2D eigenvalue weighted by atomic mass is 32.2. The average Bonchev–Trinajstić information content (AvgIpc) is 2.43. The fourth-order valence-electron chi connectivity index (χ4n) is 2.44. The number of aliphatic hydroxyl groups excluding tert-OH is 1. The van der Waals surface area contributed by atoms with Crippen LogP contribution in [0.2, 0.25) is 0 Å². The molecule has 3 heteroatoms. The van der Waals surface area contributed by atoms with Crippen molar-refractivity contribution in [2.75, 3.05) is 24.6 Å². The van der Waals surface area contributed by atoms with Gasteiger partial charge in [-0.2, -0.15) is 11.8 Å². The molecule has 0 aromatic rings. The molecule has 2 atom stereocenters. The van der Waals surface area contributed by atoms with Gasteiger partial charge in [0, 0.05) is 18.3 Å². The molecule has 0 spiro atoms. The number of rotatable bonds is 1. The van der Waals surface area contributed by atoms with Crippen molar-refractivity contribution < 1.29 is 5.11 Å². The Hall–Kier alpha value is 0.270. The predicted molar refractivity (Wildman–Crippen MR) is 57.2 cm³/mol. The van der Waals surface area contributed by atoms with Crippen LogP contribution in [0.4, 0.5) is 0 Å². The molecular weight excluding hydrogens is 182 g/mol. The number of hydrogen-bond donors (Lipinski definition) is 1. The van der Waals surface area contributed by atoms with Crippen LogP contribution in [0, 0.1) is 0 Å². The van der Waals surface area contributed by atoms with Crippen molar-refractivity contribution in [3.8, 4) is 0 Å². The predicted octanol–water partition coefficient (Wildman–Crippen LogP) is 1.34. The molecule has 1 saturated carbocycles. The summed E-state index contributed by atoms with van der Waals surface area (Å²) in [6.45, 7) is 2.39. The average molecular weight is 201 g/mol. The minimum Gasteiger partial charge on any atom is -0.391 e. The summed E-state index contributed by atoms with van der Waals surface area (Å²) in [5.41, 5.74) is 0. The Morgan fingerprint density at radius 3 is 2.77 bits per heavy atom. The van der Waals surface area contributed by atoms with E-state index in [0.717, 1.165) is 6.42 Å². The van der Waals surface area contributed by atoms with Crippen LogP contribution >= 0.6 is 11.8 Å². The van der Waals surface area contributed by atoms with Crippen LogP contribution in [0.5, 0.6) is 0 Å². The zero-order valence-corrected chi connectivity index (χ0v) is 8.93. The van der Waals surface area contributed by atoms with Crippen molar-refractivity contribution in [3.63, 3.8) is 0 Å². The summed E-state index contributed by atoms with van der Waals surface area (Å²) in [5, 5.41) is 9.78. The molecule has 1 aliphatic carbocycles. The Balaban J connectivity index is 1.89. The van der Waals surface area contributed by atoms with Gasteiger partial charge in [-0.25, -0.2) is 0 Å². The lowest BCUT2D eigenvalue weighted by atomic mass is 10.1. The third-order valence-corrected chi connectivity index (χ3v) is 4.22. The summed E-state index contributed by atoms with van der Waals surface area (Å²) in [5.74, 6) is 2.56. The van der Waals surface area contributed by atoms with E-state index in [9.17, 15) is 5.11 Å². The van der Waals surface area contributed by atoms with Crippen LogP contribution in [0.15, 0.2) is 0 Å². The minimum atomic E-state index is -0.0388. The zero-order valence-electron chi connectivity index (χ0n) is 8.11. The lowest BCUT2D eigenvalue weighted by Gasteiger charge is -2.29. The fraction of sp³-hybridized carbons (Fsp3) is 1.00. The Labute approximate surface area is 84.7 Å². The summed E-state index contributed by atoms with van der Waals surface area (Å²) in [6.07, 6.45) is 4.71. The van der Waals surface area contributed by atoms with Crippen molar-refractivity contribution in [1.82, 2.24) is 4.90 Å². The highest BCUT2D eigenvalue weighted by molar-refractivity contribution is 7.99. The fourth-order valence-corrected chi connectivity index (χ4v) is 3.34. The molecule has 0 unspecified atom stereocenters. The number of nitrogens with zero attached hydrogens (tertiary/aromatic N) is 1. The van der Waals surface area contributed by atoms with Crippen LogP contribution in [0.25, 0.3) is 0 Å². The van der Waals surface area contributed by atoms with E-state index >= 15 is 0 Å². The van der Waals surface area contributed by atoms with Gasteiger partial charge in [0.2, 0.25) is 0 Å². The molecule has 13 heavy (non-hydrogen) atoms. The van der Waals surface area contributed by atoms with Gasteiger partial charge in [0.05, 0.1) is 6.10 Å². The topological polar surface area (TPSA) is 23.5 Å². The van der Waals surface area contributed by atoms with E-state index in [4.69, 9.17) is 0 Å².